The van der Waals surface area contributed by atoms with E-state index in [1.54, 1.807) is 6.07 Å². The fourth-order valence-electron chi connectivity index (χ4n) is 3.59. The monoisotopic (exact) mass is 477 g/mol. The SMILES string of the molecule is CC(=O)O[C@H]1c2c(S(=O)(=O)C(F)(F)F)ccc([C@H](F)c3cc(F)cc(C#N)c3)c2C[C@H]1F. The van der Waals surface area contributed by atoms with Crippen LogP contribution in [0.1, 0.15) is 47.0 Å². The number of alkyl halides is 5. The number of esters is 1. The van der Waals surface area contributed by atoms with Crippen molar-refractivity contribution in [3.05, 3.63) is 64.0 Å². The van der Waals surface area contributed by atoms with Gasteiger partial charge in [0.2, 0.25) is 0 Å². The zero-order chi connectivity index (χ0) is 24.0. The molecule has 0 aliphatic heterocycles. The van der Waals surface area contributed by atoms with E-state index in [9.17, 15) is 35.2 Å². The lowest BCUT2D eigenvalue weighted by Crippen LogP contribution is -2.26. The van der Waals surface area contributed by atoms with Gasteiger partial charge in [-0.05, 0) is 41.0 Å². The number of ether oxygens (including phenoxy) is 1. The van der Waals surface area contributed by atoms with Crippen LogP contribution in [0.4, 0.5) is 26.3 Å². The first kappa shape index (κ1) is 23.6. The molecule has 1 aliphatic rings. The van der Waals surface area contributed by atoms with Gasteiger partial charge in [-0.25, -0.2) is 21.6 Å². The number of hydrogen-bond acceptors (Lipinski definition) is 5. The summed E-state index contributed by atoms with van der Waals surface area (Å²) >= 11 is 0. The molecule has 5 nitrogen and oxygen atoms in total. The first-order valence-corrected chi connectivity index (χ1v) is 10.4. The van der Waals surface area contributed by atoms with Crippen LogP contribution in [-0.2, 0) is 25.8 Å². The van der Waals surface area contributed by atoms with E-state index in [1.165, 1.54) is 0 Å². The molecule has 0 amide bonds. The molecular weight excluding hydrogens is 464 g/mol. The third kappa shape index (κ3) is 4.04. The van der Waals surface area contributed by atoms with Crippen LogP contribution in [-0.4, -0.2) is 26.1 Å². The molecule has 32 heavy (non-hydrogen) atoms. The zero-order valence-corrected chi connectivity index (χ0v) is 16.9. The fourth-order valence-corrected chi connectivity index (χ4v) is 4.62. The number of rotatable bonds is 4. The molecule has 0 N–H and O–H groups in total. The molecule has 0 bridgehead atoms. The van der Waals surface area contributed by atoms with Crippen molar-refractivity contribution in [3.8, 4) is 6.07 Å². The smallest absolute Gasteiger partial charge is 0.454 e. The number of nitrogens with zero attached hydrogens (tertiary/aromatic N) is 1. The summed E-state index contributed by atoms with van der Waals surface area (Å²) in [5.74, 6) is -2.05. The summed E-state index contributed by atoms with van der Waals surface area (Å²) in [7, 11) is -6.00. The van der Waals surface area contributed by atoms with Crippen LogP contribution in [0.3, 0.4) is 0 Å². The summed E-state index contributed by atoms with van der Waals surface area (Å²) in [6, 6.07) is 5.35. The zero-order valence-electron chi connectivity index (χ0n) is 16.1. The van der Waals surface area contributed by atoms with Crippen molar-refractivity contribution >= 4 is 15.8 Å². The van der Waals surface area contributed by atoms with Gasteiger partial charge in [0.25, 0.3) is 9.84 Å². The standard InChI is InChI=1S/C20H13F6NO4S/c1-9(28)31-19-15(22)7-14-13(18(23)11-4-10(8-27)5-12(21)6-11)2-3-16(17(14)19)32(29,30)20(24,25)26/h2-6,15,18-19H,7H2,1H3/t15-,18-,19-/m1/s1. The highest BCUT2D eigenvalue weighted by molar-refractivity contribution is 7.92. The Labute approximate surface area is 178 Å². The Hall–Kier alpha value is -3.07. The molecule has 3 atom stereocenters. The van der Waals surface area contributed by atoms with E-state index >= 15 is 4.39 Å². The topological polar surface area (TPSA) is 84.2 Å². The minimum absolute atomic E-state index is 0.239. The summed E-state index contributed by atoms with van der Waals surface area (Å²) in [5.41, 5.74) is -8.07. The van der Waals surface area contributed by atoms with Gasteiger partial charge >= 0.3 is 11.5 Å². The highest BCUT2D eigenvalue weighted by Gasteiger charge is 2.51. The number of carbonyl (C=O) groups excluding carboxylic acids is 1. The lowest BCUT2D eigenvalue weighted by Gasteiger charge is -2.20. The Morgan fingerprint density at radius 1 is 1.25 bits per heavy atom. The predicted octanol–water partition coefficient (Wildman–Crippen LogP) is 4.55. The van der Waals surface area contributed by atoms with Crippen LogP contribution in [0.2, 0.25) is 0 Å². The second-order valence-electron chi connectivity index (χ2n) is 6.99. The Kier molecular flexibility index (Phi) is 5.99. The van der Waals surface area contributed by atoms with E-state index in [4.69, 9.17) is 10.00 Å². The summed E-state index contributed by atoms with van der Waals surface area (Å²) in [6.07, 6.45) is -7.14. The maximum Gasteiger partial charge on any atom is 0.501 e. The Morgan fingerprint density at radius 3 is 2.47 bits per heavy atom. The van der Waals surface area contributed by atoms with E-state index in [0.717, 1.165) is 31.2 Å². The predicted molar refractivity (Wildman–Crippen MR) is 96.9 cm³/mol. The number of sulfone groups is 1. The number of fused-ring (bicyclic) bond motifs is 1. The summed E-state index contributed by atoms with van der Waals surface area (Å²) in [4.78, 5) is 9.99. The van der Waals surface area contributed by atoms with E-state index in [1.807, 2.05) is 0 Å². The van der Waals surface area contributed by atoms with Gasteiger partial charge in [0.15, 0.2) is 12.3 Å². The van der Waals surface area contributed by atoms with Crippen molar-refractivity contribution in [2.24, 2.45) is 0 Å². The number of hydrogen-bond donors (Lipinski definition) is 0. The molecule has 0 radical (unpaired) electrons. The van der Waals surface area contributed by atoms with E-state index in [0.29, 0.717) is 6.07 Å². The Bertz CT molecular complexity index is 1240. The molecule has 2 aromatic rings. The normalized spacial score (nSPS) is 19.2. The maximum absolute atomic E-state index is 15.3. The molecule has 0 saturated carbocycles. The second-order valence-corrected chi connectivity index (χ2v) is 8.90. The van der Waals surface area contributed by atoms with Gasteiger partial charge in [-0.3, -0.25) is 4.79 Å². The number of carbonyl (C=O) groups is 1. The maximum atomic E-state index is 15.3. The molecule has 12 heteroatoms. The first-order valence-electron chi connectivity index (χ1n) is 8.91. The molecule has 0 spiro atoms. The third-order valence-corrected chi connectivity index (χ3v) is 6.41. The fraction of sp³-hybridized carbons (Fsp3) is 0.300. The van der Waals surface area contributed by atoms with Crippen molar-refractivity contribution in [3.63, 3.8) is 0 Å². The number of nitriles is 1. The van der Waals surface area contributed by atoms with Crippen LogP contribution in [0.5, 0.6) is 0 Å². The lowest BCUT2D eigenvalue weighted by molar-refractivity contribution is -0.149. The van der Waals surface area contributed by atoms with Gasteiger partial charge in [0.05, 0.1) is 16.5 Å². The third-order valence-electron chi connectivity index (χ3n) is 4.87. The van der Waals surface area contributed by atoms with Crippen molar-refractivity contribution in [2.45, 2.75) is 42.2 Å². The molecule has 2 aromatic carbocycles. The van der Waals surface area contributed by atoms with Crippen LogP contribution in [0.15, 0.2) is 35.2 Å². The van der Waals surface area contributed by atoms with Gasteiger partial charge in [-0.1, -0.05) is 6.07 Å². The average molecular weight is 477 g/mol. The van der Waals surface area contributed by atoms with Crippen LogP contribution in [0, 0.1) is 17.1 Å². The van der Waals surface area contributed by atoms with Gasteiger partial charge in [0, 0.05) is 18.9 Å². The second kappa shape index (κ2) is 8.12. The molecule has 1 aliphatic carbocycles. The van der Waals surface area contributed by atoms with Crippen LogP contribution < -0.4 is 0 Å². The number of benzene rings is 2. The minimum atomic E-state index is -6.00. The largest absolute Gasteiger partial charge is 0.501 e. The molecule has 0 fully saturated rings. The first-order chi connectivity index (χ1) is 14.8. The lowest BCUT2D eigenvalue weighted by atomic mass is 9.94. The Morgan fingerprint density at radius 2 is 1.91 bits per heavy atom. The summed E-state index contributed by atoms with van der Waals surface area (Å²) in [5, 5.41) is 8.94. The van der Waals surface area contributed by atoms with E-state index in [2.05, 4.69) is 0 Å². The summed E-state index contributed by atoms with van der Waals surface area (Å²) < 4.78 is 112. The van der Waals surface area contributed by atoms with E-state index in [-0.39, 0.29) is 11.1 Å². The molecule has 0 heterocycles. The summed E-state index contributed by atoms with van der Waals surface area (Å²) in [6.45, 7) is 0.848. The number of halogens is 6. The van der Waals surface area contributed by atoms with Gasteiger partial charge in [-0.15, -0.1) is 0 Å². The van der Waals surface area contributed by atoms with Crippen molar-refractivity contribution in [2.75, 3.05) is 0 Å². The molecule has 0 saturated heterocycles. The Balaban J connectivity index is 2.27. The van der Waals surface area contributed by atoms with E-state index < -0.39 is 73.6 Å². The molecule has 0 unspecified atom stereocenters. The molecular formula is C20H13F6NO4S. The highest BCUT2D eigenvalue weighted by atomic mass is 32.2. The average Bonchev–Trinajstić information content (AvgIpc) is 3.00. The van der Waals surface area contributed by atoms with Gasteiger partial charge in [-0.2, -0.15) is 18.4 Å². The molecule has 170 valence electrons. The minimum Gasteiger partial charge on any atom is -0.454 e. The van der Waals surface area contributed by atoms with Gasteiger partial charge in [0.1, 0.15) is 12.0 Å². The van der Waals surface area contributed by atoms with Crippen LogP contribution in [0.25, 0.3) is 0 Å². The highest BCUT2D eigenvalue weighted by Crippen LogP contribution is 2.47. The van der Waals surface area contributed by atoms with Crippen LogP contribution >= 0.6 is 0 Å². The molecule has 3 rings (SSSR count). The van der Waals surface area contributed by atoms with Crippen molar-refractivity contribution < 1.29 is 44.3 Å². The molecule has 0 aromatic heterocycles. The van der Waals surface area contributed by atoms with Gasteiger partial charge < -0.3 is 4.74 Å². The van der Waals surface area contributed by atoms with Crippen molar-refractivity contribution in [1.82, 2.24) is 0 Å². The quantitative estimate of drug-likeness (QED) is 0.477. The van der Waals surface area contributed by atoms with Crippen molar-refractivity contribution in [1.29, 1.82) is 5.26 Å².